The van der Waals surface area contributed by atoms with Gasteiger partial charge >= 0.3 is 0 Å². The molecule has 0 unspecified atom stereocenters. The van der Waals surface area contributed by atoms with Crippen LogP contribution in [0.5, 0.6) is 17.2 Å². The van der Waals surface area contributed by atoms with Crippen LogP contribution in [0.15, 0.2) is 12.1 Å². The number of methoxy groups -OCH3 is 3. The molecule has 0 saturated carbocycles. The van der Waals surface area contributed by atoms with Crippen LogP contribution in [-0.2, 0) is 11.3 Å². The summed E-state index contributed by atoms with van der Waals surface area (Å²) in [7, 11) is 4.83. The molecule has 23 heavy (non-hydrogen) atoms. The Morgan fingerprint density at radius 3 is 2.52 bits per heavy atom. The van der Waals surface area contributed by atoms with Crippen molar-refractivity contribution in [3.05, 3.63) is 17.7 Å². The second-order valence-electron chi connectivity index (χ2n) is 5.51. The topological polar surface area (TPSA) is 60.0 Å². The fraction of sp³-hybridized carbons (Fsp3) is 0.588. The molecule has 6 heteroatoms. The van der Waals surface area contributed by atoms with Crippen LogP contribution < -0.4 is 19.5 Å². The first kappa shape index (κ1) is 17.4. The van der Waals surface area contributed by atoms with E-state index in [0.29, 0.717) is 30.2 Å². The number of benzene rings is 1. The van der Waals surface area contributed by atoms with Crippen molar-refractivity contribution in [1.82, 2.24) is 10.2 Å². The third-order valence-corrected chi connectivity index (χ3v) is 4.05. The number of nitrogens with zero attached hydrogens (tertiary/aromatic N) is 1. The highest BCUT2D eigenvalue weighted by molar-refractivity contribution is 5.77. The minimum Gasteiger partial charge on any atom is -0.493 e. The number of carbonyl (C=O) groups is 1. The second-order valence-corrected chi connectivity index (χ2v) is 5.51. The van der Waals surface area contributed by atoms with E-state index in [4.69, 9.17) is 14.2 Å². The highest BCUT2D eigenvalue weighted by Gasteiger charge is 2.19. The van der Waals surface area contributed by atoms with Crippen molar-refractivity contribution in [1.29, 1.82) is 0 Å². The Morgan fingerprint density at radius 1 is 1.13 bits per heavy atom. The maximum absolute atomic E-state index is 11.5. The molecule has 1 aliphatic rings. The van der Waals surface area contributed by atoms with E-state index in [1.165, 1.54) is 0 Å². The van der Waals surface area contributed by atoms with Gasteiger partial charge in [-0.25, -0.2) is 0 Å². The number of hydrogen-bond acceptors (Lipinski definition) is 5. The smallest absolute Gasteiger partial charge is 0.222 e. The van der Waals surface area contributed by atoms with Gasteiger partial charge in [0.1, 0.15) is 0 Å². The second kappa shape index (κ2) is 8.62. The molecule has 0 spiro atoms. The van der Waals surface area contributed by atoms with Crippen LogP contribution in [0.2, 0.25) is 0 Å². The van der Waals surface area contributed by atoms with Crippen molar-refractivity contribution in [3.63, 3.8) is 0 Å². The van der Waals surface area contributed by atoms with E-state index in [1.54, 1.807) is 21.3 Å². The fourth-order valence-corrected chi connectivity index (χ4v) is 2.86. The molecule has 6 nitrogen and oxygen atoms in total. The summed E-state index contributed by atoms with van der Waals surface area (Å²) in [5, 5.41) is 3.39. The Morgan fingerprint density at radius 2 is 1.91 bits per heavy atom. The monoisotopic (exact) mass is 322 g/mol. The zero-order chi connectivity index (χ0) is 16.7. The van der Waals surface area contributed by atoms with Gasteiger partial charge in [-0.05, 0) is 25.5 Å². The molecule has 1 aromatic carbocycles. The summed E-state index contributed by atoms with van der Waals surface area (Å²) in [4.78, 5) is 13.5. The SMILES string of the molecule is COc1ccc(CNCCCN2CCCC2=O)c(OC)c1OC. The third kappa shape index (κ3) is 4.28. The quantitative estimate of drug-likeness (QED) is 0.703. The molecule has 1 amide bonds. The Bertz CT molecular complexity index is 534. The Hall–Kier alpha value is -1.95. The van der Waals surface area contributed by atoms with Gasteiger partial charge in [0.05, 0.1) is 21.3 Å². The van der Waals surface area contributed by atoms with Crippen LogP contribution in [-0.4, -0.2) is 51.8 Å². The van der Waals surface area contributed by atoms with Crippen molar-refractivity contribution in [3.8, 4) is 17.2 Å². The van der Waals surface area contributed by atoms with Gasteiger partial charge in [0.25, 0.3) is 0 Å². The van der Waals surface area contributed by atoms with Crippen molar-refractivity contribution in [2.75, 3.05) is 41.0 Å². The molecule has 1 N–H and O–H groups in total. The lowest BCUT2D eigenvalue weighted by molar-refractivity contribution is -0.127. The molecule has 128 valence electrons. The lowest BCUT2D eigenvalue weighted by atomic mass is 10.1. The molecule has 0 aromatic heterocycles. The first-order chi connectivity index (χ1) is 11.2. The summed E-state index contributed by atoms with van der Waals surface area (Å²) in [5.41, 5.74) is 1.02. The molecular formula is C17H26N2O4. The highest BCUT2D eigenvalue weighted by Crippen LogP contribution is 2.39. The number of carbonyl (C=O) groups excluding carboxylic acids is 1. The number of hydrogen-bond donors (Lipinski definition) is 1. The molecule has 0 atom stereocenters. The summed E-state index contributed by atoms with van der Waals surface area (Å²) >= 11 is 0. The molecule has 1 aromatic rings. The van der Waals surface area contributed by atoms with Gasteiger partial charge in [0.15, 0.2) is 11.5 Å². The average molecular weight is 322 g/mol. The van der Waals surface area contributed by atoms with E-state index in [-0.39, 0.29) is 5.91 Å². The van der Waals surface area contributed by atoms with Gasteiger partial charge in [-0.3, -0.25) is 4.79 Å². The predicted octanol–water partition coefficient (Wildman–Crippen LogP) is 1.81. The van der Waals surface area contributed by atoms with Gasteiger partial charge in [0.2, 0.25) is 11.7 Å². The summed E-state index contributed by atoms with van der Waals surface area (Å²) in [6, 6.07) is 3.85. The summed E-state index contributed by atoms with van der Waals surface area (Å²) in [6.07, 6.45) is 2.65. The third-order valence-electron chi connectivity index (χ3n) is 4.05. The Balaban J connectivity index is 1.84. The summed E-state index contributed by atoms with van der Waals surface area (Å²) in [5.74, 6) is 2.23. The number of amides is 1. The van der Waals surface area contributed by atoms with Crippen molar-refractivity contribution < 1.29 is 19.0 Å². The molecule has 1 fully saturated rings. The van der Waals surface area contributed by atoms with E-state index >= 15 is 0 Å². The van der Waals surface area contributed by atoms with Crippen LogP contribution in [0.3, 0.4) is 0 Å². The molecule has 0 bridgehead atoms. The van der Waals surface area contributed by atoms with Gasteiger partial charge in [-0.1, -0.05) is 6.07 Å². The summed E-state index contributed by atoms with van der Waals surface area (Å²) in [6.45, 7) is 3.26. The van der Waals surface area contributed by atoms with Gasteiger partial charge in [-0.2, -0.15) is 0 Å². The molecule has 2 rings (SSSR count). The van der Waals surface area contributed by atoms with E-state index in [1.807, 2.05) is 17.0 Å². The van der Waals surface area contributed by atoms with Gasteiger partial charge in [-0.15, -0.1) is 0 Å². The average Bonchev–Trinajstić information content (AvgIpc) is 2.98. The van der Waals surface area contributed by atoms with Crippen LogP contribution in [0.1, 0.15) is 24.8 Å². The molecule has 1 aliphatic heterocycles. The van der Waals surface area contributed by atoms with E-state index in [2.05, 4.69) is 5.32 Å². The number of nitrogens with one attached hydrogen (secondary N) is 1. The first-order valence-electron chi connectivity index (χ1n) is 7.97. The zero-order valence-corrected chi connectivity index (χ0v) is 14.2. The van der Waals surface area contributed by atoms with Crippen molar-refractivity contribution >= 4 is 5.91 Å². The number of rotatable bonds is 9. The molecule has 0 aliphatic carbocycles. The normalized spacial score (nSPS) is 14.2. The summed E-state index contributed by atoms with van der Waals surface area (Å²) < 4.78 is 16.1. The minimum atomic E-state index is 0.284. The van der Waals surface area contributed by atoms with Crippen LogP contribution >= 0.6 is 0 Å². The fourth-order valence-electron chi connectivity index (χ4n) is 2.86. The van der Waals surface area contributed by atoms with Crippen LogP contribution in [0.25, 0.3) is 0 Å². The van der Waals surface area contributed by atoms with E-state index in [0.717, 1.165) is 38.0 Å². The molecular weight excluding hydrogens is 296 g/mol. The largest absolute Gasteiger partial charge is 0.493 e. The minimum absolute atomic E-state index is 0.284. The zero-order valence-electron chi connectivity index (χ0n) is 14.2. The van der Waals surface area contributed by atoms with Crippen LogP contribution in [0, 0.1) is 0 Å². The van der Waals surface area contributed by atoms with Crippen molar-refractivity contribution in [2.24, 2.45) is 0 Å². The maximum atomic E-state index is 11.5. The first-order valence-corrected chi connectivity index (χ1v) is 7.97. The Kier molecular flexibility index (Phi) is 6.52. The highest BCUT2D eigenvalue weighted by atomic mass is 16.5. The maximum Gasteiger partial charge on any atom is 0.222 e. The van der Waals surface area contributed by atoms with Crippen molar-refractivity contribution in [2.45, 2.75) is 25.8 Å². The predicted molar refractivity (Wildman–Crippen MR) is 88.2 cm³/mol. The Labute approximate surface area is 137 Å². The van der Waals surface area contributed by atoms with Crippen LogP contribution in [0.4, 0.5) is 0 Å². The lowest BCUT2D eigenvalue weighted by Gasteiger charge is -2.17. The van der Waals surface area contributed by atoms with E-state index < -0.39 is 0 Å². The molecule has 0 radical (unpaired) electrons. The molecule has 1 heterocycles. The van der Waals surface area contributed by atoms with Gasteiger partial charge < -0.3 is 24.4 Å². The number of likely N-dealkylation sites (tertiary alicyclic amines) is 1. The standard InChI is InChI=1S/C17H26N2O4/c1-21-14-8-7-13(16(22-2)17(14)23-3)12-18-9-5-11-19-10-4-6-15(19)20/h7-8,18H,4-6,9-12H2,1-3H3. The number of ether oxygens (including phenoxy) is 3. The lowest BCUT2D eigenvalue weighted by Crippen LogP contribution is -2.28. The van der Waals surface area contributed by atoms with Gasteiger partial charge in [0, 0.05) is 31.6 Å². The van der Waals surface area contributed by atoms with E-state index in [9.17, 15) is 4.79 Å². The molecule has 1 saturated heterocycles.